The first-order chi connectivity index (χ1) is 14.0. The van der Waals surface area contributed by atoms with Gasteiger partial charge in [0.2, 0.25) is 11.8 Å². The van der Waals surface area contributed by atoms with Gasteiger partial charge in [-0.15, -0.1) is 0 Å². The van der Waals surface area contributed by atoms with Crippen molar-refractivity contribution in [2.45, 2.75) is 83.8 Å². The van der Waals surface area contributed by atoms with E-state index in [9.17, 15) is 9.59 Å². The van der Waals surface area contributed by atoms with Crippen LogP contribution < -0.4 is 0 Å². The van der Waals surface area contributed by atoms with Crippen LogP contribution in [-0.4, -0.2) is 56.6 Å². The summed E-state index contributed by atoms with van der Waals surface area (Å²) in [5.41, 5.74) is 0. The second-order valence-corrected chi connectivity index (χ2v) is 9.73. The molecule has 1 aromatic rings. The van der Waals surface area contributed by atoms with Crippen LogP contribution in [0.3, 0.4) is 0 Å². The first-order valence-corrected chi connectivity index (χ1v) is 11.6. The van der Waals surface area contributed by atoms with Crippen LogP contribution in [-0.2, 0) is 16.1 Å². The maximum atomic E-state index is 13.0. The molecule has 29 heavy (non-hydrogen) atoms. The zero-order valence-electron chi connectivity index (χ0n) is 18.0. The molecular formula is C23H36N4O2. The molecule has 0 aliphatic carbocycles. The number of hydrogen-bond donors (Lipinski definition) is 0. The van der Waals surface area contributed by atoms with Gasteiger partial charge in [0.15, 0.2) is 0 Å². The Kier molecular flexibility index (Phi) is 6.26. The van der Waals surface area contributed by atoms with E-state index in [-0.39, 0.29) is 5.91 Å². The van der Waals surface area contributed by atoms with Crippen molar-refractivity contribution in [1.29, 1.82) is 0 Å². The number of hydrogen-bond acceptors (Lipinski definition) is 3. The normalized spacial score (nSPS) is 29.3. The number of carbonyl (C=O) groups excluding carboxylic acids is 2. The topological polar surface area (TPSA) is 58.4 Å². The summed E-state index contributed by atoms with van der Waals surface area (Å²) in [6.07, 6.45) is 11.4. The average Bonchev–Trinajstić information content (AvgIpc) is 3.21. The zero-order chi connectivity index (χ0) is 20.4. The fourth-order valence-electron chi connectivity index (χ4n) is 5.84. The van der Waals surface area contributed by atoms with Crippen LogP contribution in [0.15, 0.2) is 18.5 Å². The van der Waals surface area contributed by atoms with Gasteiger partial charge in [0.25, 0.3) is 0 Å². The second kappa shape index (κ2) is 8.88. The molecule has 4 rings (SSSR count). The summed E-state index contributed by atoms with van der Waals surface area (Å²) in [6.45, 7) is 6.98. The lowest BCUT2D eigenvalue weighted by Crippen LogP contribution is -2.65. The van der Waals surface area contributed by atoms with Crippen molar-refractivity contribution < 1.29 is 9.59 Å². The molecule has 4 heterocycles. The minimum absolute atomic E-state index is 0.282. The van der Waals surface area contributed by atoms with Crippen LogP contribution >= 0.6 is 0 Å². The third-order valence-corrected chi connectivity index (χ3v) is 7.23. The molecule has 6 heteroatoms. The van der Waals surface area contributed by atoms with Crippen LogP contribution in [0.25, 0.3) is 0 Å². The average molecular weight is 401 g/mol. The Morgan fingerprint density at radius 3 is 2.86 bits per heavy atom. The molecule has 4 atom stereocenters. The second-order valence-electron chi connectivity index (χ2n) is 9.73. The van der Waals surface area contributed by atoms with Gasteiger partial charge in [-0.3, -0.25) is 14.3 Å². The van der Waals surface area contributed by atoms with E-state index >= 15 is 0 Å². The number of piperidine rings is 3. The van der Waals surface area contributed by atoms with Crippen LogP contribution in [0, 0.1) is 17.8 Å². The smallest absolute Gasteiger partial charge is 0.223 e. The number of amides is 2. The highest BCUT2D eigenvalue weighted by atomic mass is 16.2. The van der Waals surface area contributed by atoms with E-state index in [2.05, 4.69) is 28.7 Å². The number of rotatable bonds is 7. The van der Waals surface area contributed by atoms with E-state index in [0.29, 0.717) is 48.6 Å². The third kappa shape index (κ3) is 4.51. The summed E-state index contributed by atoms with van der Waals surface area (Å²) in [4.78, 5) is 30.2. The molecule has 3 aliphatic rings. The van der Waals surface area contributed by atoms with Gasteiger partial charge in [-0.25, -0.2) is 0 Å². The molecule has 2 amide bonds. The van der Waals surface area contributed by atoms with Crippen LogP contribution in [0.4, 0.5) is 0 Å². The van der Waals surface area contributed by atoms with Crippen molar-refractivity contribution in [2.75, 3.05) is 13.1 Å². The minimum atomic E-state index is 0.282. The lowest BCUT2D eigenvalue weighted by atomic mass is 9.70. The molecular weight excluding hydrogens is 364 g/mol. The van der Waals surface area contributed by atoms with Crippen molar-refractivity contribution in [3.05, 3.63) is 18.5 Å². The molecule has 3 fully saturated rings. The van der Waals surface area contributed by atoms with E-state index in [4.69, 9.17) is 0 Å². The summed E-state index contributed by atoms with van der Waals surface area (Å²) < 4.78 is 1.89. The number of fused-ring (bicyclic) bond motifs is 4. The lowest BCUT2D eigenvalue weighted by molar-refractivity contribution is -0.156. The van der Waals surface area contributed by atoms with Crippen LogP contribution in [0.5, 0.6) is 0 Å². The molecule has 0 N–H and O–H groups in total. The van der Waals surface area contributed by atoms with Gasteiger partial charge in [-0.1, -0.05) is 13.8 Å². The van der Waals surface area contributed by atoms with Gasteiger partial charge in [-0.05, 0) is 62.3 Å². The maximum Gasteiger partial charge on any atom is 0.223 e. The first-order valence-electron chi connectivity index (χ1n) is 11.6. The summed E-state index contributed by atoms with van der Waals surface area (Å²) in [6, 6.07) is 2.60. The summed E-state index contributed by atoms with van der Waals surface area (Å²) in [5.74, 6) is 2.20. The molecule has 1 aromatic heterocycles. The number of aromatic nitrogens is 2. The van der Waals surface area contributed by atoms with Crippen molar-refractivity contribution in [2.24, 2.45) is 17.8 Å². The molecule has 0 spiro atoms. The predicted molar refractivity (Wildman–Crippen MR) is 112 cm³/mol. The third-order valence-electron chi connectivity index (χ3n) is 7.23. The Hall–Kier alpha value is -1.85. The first kappa shape index (κ1) is 20.4. The quantitative estimate of drug-likeness (QED) is 0.705. The summed E-state index contributed by atoms with van der Waals surface area (Å²) in [7, 11) is 0. The SMILES string of the molecule is CC(C)CC[C@H]1[C@H]2C[C@H](CN(C(=O)CCCn3cccn3)C2)[C@@H]2CCCC(=O)N21. The molecule has 160 valence electrons. The Bertz CT molecular complexity index is 702. The van der Waals surface area contributed by atoms with Gasteiger partial charge < -0.3 is 9.80 Å². The standard InChI is InChI=1S/C23H36N4O2/c1-17(2)9-10-21-19-14-18(20-6-3-7-23(29)27(20)21)15-25(16-19)22(28)8-4-12-26-13-5-11-24-26/h5,11,13,17-21H,3-4,6-10,12,14-16H2,1-2H3/t18-,19+,20+,21+/m1/s1. The van der Waals surface area contributed by atoms with Crippen molar-refractivity contribution >= 4 is 11.8 Å². The lowest BCUT2D eigenvalue weighted by Gasteiger charge is -2.57. The van der Waals surface area contributed by atoms with E-state index < -0.39 is 0 Å². The van der Waals surface area contributed by atoms with Gasteiger partial charge >= 0.3 is 0 Å². The Labute approximate surface area is 174 Å². The Morgan fingerprint density at radius 1 is 1.28 bits per heavy atom. The highest BCUT2D eigenvalue weighted by molar-refractivity contribution is 5.78. The van der Waals surface area contributed by atoms with Crippen molar-refractivity contribution in [3.8, 4) is 0 Å². The van der Waals surface area contributed by atoms with Gasteiger partial charge in [-0.2, -0.15) is 5.10 Å². The molecule has 0 radical (unpaired) electrons. The predicted octanol–water partition coefficient (Wildman–Crippen LogP) is 3.33. The number of nitrogens with zero attached hydrogens (tertiary/aromatic N) is 4. The molecule has 0 saturated carbocycles. The van der Waals surface area contributed by atoms with Gasteiger partial charge in [0.05, 0.1) is 0 Å². The van der Waals surface area contributed by atoms with E-state index in [1.54, 1.807) is 6.20 Å². The maximum absolute atomic E-state index is 13.0. The number of carbonyl (C=O) groups is 2. The fourth-order valence-corrected chi connectivity index (χ4v) is 5.84. The molecule has 3 saturated heterocycles. The molecule has 3 aliphatic heterocycles. The summed E-state index contributed by atoms with van der Waals surface area (Å²) in [5, 5.41) is 4.22. The Balaban J connectivity index is 1.41. The Morgan fingerprint density at radius 2 is 2.10 bits per heavy atom. The van der Waals surface area contributed by atoms with Gasteiger partial charge in [0, 0.05) is 57.0 Å². The molecule has 6 nitrogen and oxygen atoms in total. The number of likely N-dealkylation sites (tertiary alicyclic amines) is 1. The van der Waals surface area contributed by atoms with Crippen LogP contribution in [0.2, 0.25) is 0 Å². The molecule has 2 bridgehead atoms. The fraction of sp³-hybridized carbons (Fsp3) is 0.783. The van der Waals surface area contributed by atoms with E-state index in [1.807, 2.05) is 16.9 Å². The largest absolute Gasteiger partial charge is 0.342 e. The number of aryl methyl sites for hydroxylation is 1. The minimum Gasteiger partial charge on any atom is -0.342 e. The van der Waals surface area contributed by atoms with Crippen molar-refractivity contribution in [1.82, 2.24) is 19.6 Å². The van der Waals surface area contributed by atoms with Gasteiger partial charge in [0.1, 0.15) is 0 Å². The van der Waals surface area contributed by atoms with E-state index in [1.165, 1.54) is 6.42 Å². The summed E-state index contributed by atoms with van der Waals surface area (Å²) >= 11 is 0. The highest BCUT2D eigenvalue weighted by Crippen LogP contribution is 2.43. The van der Waals surface area contributed by atoms with Crippen LogP contribution in [0.1, 0.15) is 65.2 Å². The monoisotopic (exact) mass is 400 g/mol. The van der Waals surface area contributed by atoms with E-state index in [0.717, 1.165) is 51.7 Å². The highest BCUT2D eigenvalue weighted by Gasteiger charge is 2.49. The molecule has 0 unspecified atom stereocenters. The molecule has 0 aromatic carbocycles. The van der Waals surface area contributed by atoms with Crippen molar-refractivity contribution in [3.63, 3.8) is 0 Å². The zero-order valence-corrected chi connectivity index (χ0v) is 18.0.